The molecule has 0 aliphatic rings. The summed E-state index contributed by atoms with van der Waals surface area (Å²) in [6.45, 7) is 1.99. The van der Waals surface area contributed by atoms with Gasteiger partial charge in [0, 0.05) is 15.7 Å². The SMILES string of the molecule is Cc1cc2[nH]c(-c3ccc(Br)cc3)nc2cc1N. The molecule has 3 nitrogen and oxygen atoms in total. The number of anilines is 1. The van der Waals surface area contributed by atoms with E-state index in [-0.39, 0.29) is 0 Å². The summed E-state index contributed by atoms with van der Waals surface area (Å²) in [4.78, 5) is 7.88. The number of rotatable bonds is 1. The first kappa shape index (κ1) is 11.3. The first-order valence-electron chi connectivity index (χ1n) is 5.65. The molecule has 3 aromatic rings. The predicted octanol–water partition coefficient (Wildman–Crippen LogP) is 3.88. The maximum Gasteiger partial charge on any atom is 0.138 e. The fraction of sp³-hybridized carbons (Fsp3) is 0.0714. The van der Waals surface area contributed by atoms with E-state index in [0.29, 0.717) is 0 Å². The van der Waals surface area contributed by atoms with E-state index in [0.717, 1.165) is 38.1 Å². The summed E-state index contributed by atoms with van der Waals surface area (Å²) in [6, 6.07) is 12.0. The Kier molecular flexibility index (Phi) is 2.59. The van der Waals surface area contributed by atoms with Crippen molar-refractivity contribution in [2.45, 2.75) is 6.92 Å². The van der Waals surface area contributed by atoms with E-state index in [4.69, 9.17) is 5.73 Å². The lowest BCUT2D eigenvalue weighted by molar-refractivity contribution is 1.33. The number of nitrogens with one attached hydrogen (secondary N) is 1. The molecule has 90 valence electrons. The zero-order valence-electron chi connectivity index (χ0n) is 9.87. The third-order valence-electron chi connectivity index (χ3n) is 2.99. The van der Waals surface area contributed by atoms with E-state index in [1.54, 1.807) is 0 Å². The molecule has 18 heavy (non-hydrogen) atoms. The van der Waals surface area contributed by atoms with Crippen LogP contribution in [-0.4, -0.2) is 9.97 Å². The van der Waals surface area contributed by atoms with Gasteiger partial charge in [-0.05, 0) is 36.8 Å². The minimum absolute atomic E-state index is 0.774. The number of benzene rings is 2. The van der Waals surface area contributed by atoms with Crippen molar-refractivity contribution in [1.29, 1.82) is 0 Å². The summed E-state index contributed by atoms with van der Waals surface area (Å²) in [6.07, 6.45) is 0. The number of aromatic amines is 1. The molecule has 0 fully saturated rings. The molecule has 3 N–H and O–H groups in total. The van der Waals surface area contributed by atoms with E-state index in [9.17, 15) is 0 Å². The fourth-order valence-corrected chi connectivity index (χ4v) is 2.19. The molecule has 4 heteroatoms. The summed E-state index contributed by atoms with van der Waals surface area (Å²) in [5, 5.41) is 0. The van der Waals surface area contributed by atoms with Crippen molar-refractivity contribution in [2.75, 3.05) is 5.73 Å². The van der Waals surface area contributed by atoms with E-state index < -0.39 is 0 Å². The van der Waals surface area contributed by atoms with Crippen molar-refractivity contribution < 1.29 is 0 Å². The van der Waals surface area contributed by atoms with Gasteiger partial charge in [-0.1, -0.05) is 28.1 Å². The number of halogens is 1. The zero-order valence-corrected chi connectivity index (χ0v) is 11.5. The fourth-order valence-electron chi connectivity index (χ4n) is 1.93. The third kappa shape index (κ3) is 1.88. The number of nitrogen functional groups attached to an aromatic ring is 1. The van der Waals surface area contributed by atoms with Gasteiger partial charge in [0.05, 0.1) is 11.0 Å². The van der Waals surface area contributed by atoms with Crippen molar-refractivity contribution in [3.8, 4) is 11.4 Å². The van der Waals surface area contributed by atoms with Crippen molar-refractivity contribution in [3.63, 3.8) is 0 Å². The maximum absolute atomic E-state index is 5.89. The van der Waals surface area contributed by atoms with E-state index in [2.05, 4.69) is 25.9 Å². The Bertz CT molecular complexity index is 675. The first-order valence-corrected chi connectivity index (χ1v) is 6.44. The van der Waals surface area contributed by atoms with Gasteiger partial charge in [-0.2, -0.15) is 0 Å². The van der Waals surface area contributed by atoms with Crippen LogP contribution in [-0.2, 0) is 0 Å². The molecule has 0 saturated heterocycles. The zero-order chi connectivity index (χ0) is 12.7. The van der Waals surface area contributed by atoms with Gasteiger partial charge in [0.1, 0.15) is 5.82 Å². The second kappa shape index (κ2) is 4.14. The Morgan fingerprint density at radius 2 is 1.89 bits per heavy atom. The largest absolute Gasteiger partial charge is 0.398 e. The van der Waals surface area contributed by atoms with Crippen molar-refractivity contribution in [1.82, 2.24) is 9.97 Å². The minimum Gasteiger partial charge on any atom is -0.398 e. The van der Waals surface area contributed by atoms with Gasteiger partial charge >= 0.3 is 0 Å². The lowest BCUT2D eigenvalue weighted by Gasteiger charge is -1.97. The van der Waals surface area contributed by atoms with Gasteiger partial charge < -0.3 is 10.7 Å². The van der Waals surface area contributed by atoms with Crippen LogP contribution in [0.4, 0.5) is 5.69 Å². The van der Waals surface area contributed by atoms with Crippen LogP contribution in [0.2, 0.25) is 0 Å². The molecule has 1 aromatic heterocycles. The van der Waals surface area contributed by atoms with E-state index >= 15 is 0 Å². The lowest BCUT2D eigenvalue weighted by atomic mass is 10.2. The first-order chi connectivity index (χ1) is 8.63. The highest BCUT2D eigenvalue weighted by atomic mass is 79.9. The Hall–Kier alpha value is -1.81. The molecule has 0 aliphatic heterocycles. The third-order valence-corrected chi connectivity index (χ3v) is 3.52. The lowest BCUT2D eigenvalue weighted by Crippen LogP contribution is -1.88. The molecular weight excluding hydrogens is 290 g/mol. The molecule has 0 atom stereocenters. The molecule has 0 radical (unpaired) electrons. The number of fused-ring (bicyclic) bond motifs is 1. The highest BCUT2D eigenvalue weighted by Gasteiger charge is 2.06. The van der Waals surface area contributed by atoms with Gasteiger partial charge in [-0.3, -0.25) is 0 Å². The number of H-pyrrole nitrogens is 1. The average Bonchev–Trinajstić information content (AvgIpc) is 2.73. The quantitative estimate of drug-likeness (QED) is 0.670. The molecule has 0 spiro atoms. The summed E-state index contributed by atoms with van der Waals surface area (Å²) >= 11 is 3.42. The Morgan fingerprint density at radius 3 is 2.61 bits per heavy atom. The number of nitrogens with zero attached hydrogens (tertiary/aromatic N) is 1. The molecular formula is C14H12BrN3. The van der Waals surface area contributed by atoms with Gasteiger partial charge in [0.25, 0.3) is 0 Å². The highest BCUT2D eigenvalue weighted by Crippen LogP contribution is 2.25. The maximum atomic E-state index is 5.89. The Labute approximate surface area is 113 Å². The number of nitrogens with two attached hydrogens (primary N) is 1. The predicted molar refractivity (Wildman–Crippen MR) is 78.4 cm³/mol. The Morgan fingerprint density at radius 1 is 1.17 bits per heavy atom. The van der Waals surface area contributed by atoms with Crippen LogP contribution in [0.1, 0.15) is 5.56 Å². The van der Waals surface area contributed by atoms with Gasteiger partial charge in [-0.15, -0.1) is 0 Å². The second-order valence-electron chi connectivity index (χ2n) is 4.32. The van der Waals surface area contributed by atoms with Crippen LogP contribution in [0.5, 0.6) is 0 Å². The summed E-state index contributed by atoms with van der Waals surface area (Å²) in [7, 11) is 0. The Balaban J connectivity index is 2.16. The number of imidazole rings is 1. The van der Waals surface area contributed by atoms with Crippen LogP contribution in [0, 0.1) is 6.92 Å². The number of hydrogen-bond donors (Lipinski definition) is 2. The second-order valence-corrected chi connectivity index (χ2v) is 5.23. The highest BCUT2D eigenvalue weighted by molar-refractivity contribution is 9.10. The molecule has 0 unspecified atom stereocenters. The van der Waals surface area contributed by atoms with Crippen molar-refractivity contribution in [2.24, 2.45) is 0 Å². The normalized spacial score (nSPS) is 11.0. The smallest absolute Gasteiger partial charge is 0.138 e. The van der Waals surface area contributed by atoms with Crippen LogP contribution in [0.15, 0.2) is 40.9 Å². The van der Waals surface area contributed by atoms with E-state index in [1.807, 2.05) is 43.3 Å². The van der Waals surface area contributed by atoms with E-state index in [1.165, 1.54) is 0 Å². The summed E-state index contributed by atoms with van der Waals surface area (Å²) in [5.41, 5.74) is 10.7. The van der Waals surface area contributed by atoms with Crippen LogP contribution in [0.3, 0.4) is 0 Å². The standard InChI is InChI=1S/C14H12BrN3/c1-8-6-12-13(7-11(8)16)18-14(17-12)9-2-4-10(15)5-3-9/h2-7H,16H2,1H3,(H,17,18). The average molecular weight is 302 g/mol. The van der Waals surface area contributed by atoms with Crippen molar-refractivity contribution >= 4 is 32.7 Å². The van der Waals surface area contributed by atoms with Crippen LogP contribution >= 0.6 is 15.9 Å². The number of hydrogen-bond acceptors (Lipinski definition) is 2. The van der Waals surface area contributed by atoms with Gasteiger partial charge in [0.15, 0.2) is 0 Å². The topological polar surface area (TPSA) is 54.7 Å². The summed E-state index contributed by atoms with van der Waals surface area (Å²) in [5.74, 6) is 0.863. The number of aryl methyl sites for hydroxylation is 1. The van der Waals surface area contributed by atoms with Gasteiger partial charge in [0.2, 0.25) is 0 Å². The van der Waals surface area contributed by atoms with Crippen molar-refractivity contribution in [3.05, 3.63) is 46.4 Å². The summed E-state index contributed by atoms with van der Waals surface area (Å²) < 4.78 is 1.06. The molecule has 3 rings (SSSR count). The van der Waals surface area contributed by atoms with Crippen LogP contribution < -0.4 is 5.73 Å². The number of aromatic nitrogens is 2. The van der Waals surface area contributed by atoms with Crippen LogP contribution in [0.25, 0.3) is 22.4 Å². The molecule has 0 bridgehead atoms. The minimum atomic E-state index is 0.774. The molecule has 1 heterocycles. The van der Waals surface area contributed by atoms with Gasteiger partial charge in [-0.25, -0.2) is 4.98 Å². The monoisotopic (exact) mass is 301 g/mol. The molecule has 0 aliphatic carbocycles. The molecule has 0 amide bonds. The molecule has 2 aromatic carbocycles. The molecule has 0 saturated carbocycles.